The summed E-state index contributed by atoms with van der Waals surface area (Å²) in [6, 6.07) is 4.92. The summed E-state index contributed by atoms with van der Waals surface area (Å²) in [6.07, 6.45) is 0.881. The minimum absolute atomic E-state index is 0.0719. The molecule has 0 radical (unpaired) electrons. The third-order valence-corrected chi connectivity index (χ3v) is 3.71. The number of alkyl halides is 3. The molecule has 0 spiro atoms. The number of likely N-dealkylation sites (tertiary alicyclic amines) is 1. The molecule has 3 rings (SSSR count). The quantitative estimate of drug-likeness (QED) is 0.937. The topological polar surface area (TPSA) is 53.9 Å². The lowest BCUT2D eigenvalue weighted by Gasteiger charge is -2.17. The van der Waals surface area contributed by atoms with Crippen molar-refractivity contribution in [3.8, 4) is 0 Å². The lowest BCUT2D eigenvalue weighted by atomic mass is 10.2. The maximum atomic E-state index is 12.7. The zero-order chi connectivity index (χ0) is 16.3. The average molecular weight is 323 g/mol. The smallest absolute Gasteiger partial charge is 0.366 e. The molecule has 1 aliphatic rings. The van der Waals surface area contributed by atoms with Crippen LogP contribution in [-0.4, -0.2) is 39.0 Å². The van der Waals surface area contributed by atoms with E-state index in [1.54, 1.807) is 6.20 Å². The van der Waals surface area contributed by atoms with Gasteiger partial charge in [0.15, 0.2) is 0 Å². The van der Waals surface area contributed by atoms with Gasteiger partial charge in [0.2, 0.25) is 0 Å². The van der Waals surface area contributed by atoms with E-state index in [9.17, 15) is 13.2 Å². The van der Waals surface area contributed by atoms with Gasteiger partial charge >= 0.3 is 6.18 Å². The van der Waals surface area contributed by atoms with E-state index in [4.69, 9.17) is 0 Å². The first-order valence-corrected chi connectivity index (χ1v) is 7.28. The molecule has 0 aromatic carbocycles. The Bertz CT molecular complexity index is 647. The summed E-state index contributed by atoms with van der Waals surface area (Å²) in [5, 5.41) is 3.06. The SMILES string of the molecule is FC(F)(F)c1cc(NC2CCN(Cc3cccnc3)C2)ncn1. The van der Waals surface area contributed by atoms with Crippen molar-refractivity contribution < 1.29 is 13.2 Å². The Morgan fingerprint density at radius 1 is 1.30 bits per heavy atom. The molecular formula is C15H16F3N5. The number of aromatic nitrogens is 3. The van der Waals surface area contributed by atoms with Crippen LogP contribution in [0, 0.1) is 0 Å². The Morgan fingerprint density at radius 3 is 2.91 bits per heavy atom. The predicted molar refractivity (Wildman–Crippen MR) is 78.6 cm³/mol. The molecule has 0 bridgehead atoms. The largest absolute Gasteiger partial charge is 0.433 e. The average Bonchev–Trinajstić information content (AvgIpc) is 2.95. The van der Waals surface area contributed by atoms with Gasteiger partial charge in [0.1, 0.15) is 17.8 Å². The minimum atomic E-state index is -4.46. The number of nitrogens with one attached hydrogen (secondary N) is 1. The fourth-order valence-electron chi connectivity index (χ4n) is 2.64. The highest BCUT2D eigenvalue weighted by atomic mass is 19.4. The second kappa shape index (κ2) is 6.49. The Balaban J connectivity index is 1.58. The van der Waals surface area contributed by atoms with E-state index in [0.717, 1.165) is 44.0 Å². The molecule has 0 aliphatic carbocycles. The third kappa shape index (κ3) is 4.16. The number of pyridine rings is 1. The van der Waals surface area contributed by atoms with Gasteiger partial charge in [-0.1, -0.05) is 6.07 Å². The van der Waals surface area contributed by atoms with Gasteiger partial charge in [-0.15, -0.1) is 0 Å². The maximum absolute atomic E-state index is 12.7. The van der Waals surface area contributed by atoms with Crippen LogP contribution in [0.4, 0.5) is 19.0 Å². The molecular weight excluding hydrogens is 307 g/mol. The molecule has 1 saturated heterocycles. The summed E-state index contributed by atoms with van der Waals surface area (Å²) in [6.45, 7) is 2.41. The van der Waals surface area contributed by atoms with Crippen LogP contribution in [-0.2, 0) is 12.7 Å². The lowest BCUT2D eigenvalue weighted by Crippen LogP contribution is -2.26. The van der Waals surface area contributed by atoms with Crippen molar-refractivity contribution in [3.05, 3.63) is 48.2 Å². The molecule has 3 heterocycles. The second-order valence-corrected chi connectivity index (χ2v) is 5.51. The first-order chi connectivity index (χ1) is 11.0. The van der Waals surface area contributed by atoms with E-state index in [0.29, 0.717) is 0 Å². The maximum Gasteiger partial charge on any atom is 0.433 e. The summed E-state index contributed by atoms with van der Waals surface area (Å²) in [7, 11) is 0. The van der Waals surface area contributed by atoms with Crippen molar-refractivity contribution in [1.29, 1.82) is 0 Å². The van der Waals surface area contributed by atoms with Crippen LogP contribution in [0.15, 0.2) is 36.9 Å². The van der Waals surface area contributed by atoms with Crippen LogP contribution in [0.5, 0.6) is 0 Å². The first-order valence-electron chi connectivity index (χ1n) is 7.28. The van der Waals surface area contributed by atoms with Gasteiger partial charge in [0.25, 0.3) is 0 Å². The highest BCUT2D eigenvalue weighted by molar-refractivity contribution is 5.37. The van der Waals surface area contributed by atoms with Crippen LogP contribution in [0.25, 0.3) is 0 Å². The Hall–Kier alpha value is -2.22. The van der Waals surface area contributed by atoms with Crippen molar-refractivity contribution in [1.82, 2.24) is 19.9 Å². The third-order valence-electron chi connectivity index (χ3n) is 3.71. The van der Waals surface area contributed by atoms with Crippen LogP contribution in [0.3, 0.4) is 0 Å². The standard InChI is InChI=1S/C15H16F3N5/c16-15(17,18)13-6-14(21-10-20-13)22-12-3-5-23(9-12)8-11-2-1-4-19-7-11/h1-2,4,6-7,10,12H,3,5,8-9H2,(H,20,21,22). The molecule has 8 heteroatoms. The predicted octanol–water partition coefficient (Wildman–Crippen LogP) is 2.58. The number of halogens is 3. The van der Waals surface area contributed by atoms with Gasteiger partial charge in [-0.25, -0.2) is 9.97 Å². The van der Waals surface area contributed by atoms with Gasteiger partial charge in [0.05, 0.1) is 0 Å². The highest BCUT2D eigenvalue weighted by Gasteiger charge is 2.33. The normalized spacial score (nSPS) is 19.0. The molecule has 5 nitrogen and oxygen atoms in total. The molecule has 0 saturated carbocycles. The monoisotopic (exact) mass is 323 g/mol. The molecule has 2 aromatic rings. The highest BCUT2D eigenvalue weighted by Crippen LogP contribution is 2.28. The van der Waals surface area contributed by atoms with Crippen molar-refractivity contribution in [3.63, 3.8) is 0 Å². The number of hydrogen-bond acceptors (Lipinski definition) is 5. The lowest BCUT2D eigenvalue weighted by molar-refractivity contribution is -0.141. The Kier molecular flexibility index (Phi) is 4.42. The van der Waals surface area contributed by atoms with E-state index in [1.165, 1.54) is 0 Å². The van der Waals surface area contributed by atoms with E-state index >= 15 is 0 Å². The molecule has 1 atom stereocenters. The summed E-state index contributed by atoms with van der Waals surface area (Å²) in [5.74, 6) is 0.209. The van der Waals surface area contributed by atoms with E-state index in [-0.39, 0.29) is 11.9 Å². The molecule has 1 unspecified atom stereocenters. The van der Waals surface area contributed by atoms with Gasteiger partial charge in [-0.2, -0.15) is 13.2 Å². The number of rotatable bonds is 4. The molecule has 23 heavy (non-hydrogen) atoms. The van der Waals surface area contributed by atoms with Gasteiger partial charge < -0.3 is 5.32 Å². The summed E-state index contributed by atoms with van der Waals surface area (Å²) < 4.78 is 38.0. The Labute approximate surface area is 131 Å². The molecule has 2 aromatic heterocycles. The molecule has 122 valence electrons. The van der Waals surface area contributed by atoms with Crippen LogP contribution >= 0.6 is 0 Å². The van der Waals surface area contributed by atoms with E-state index in [2.05, 4.69) is 25.2 Å². The number of nitrogens with zero attached hydrogens (tertiary/aromatic N) is 4. The summed E-state index contributed by atoms with van der Waals surface area (Å²) in [5.41, 5.74) is 0.190. The summed E-state index contributed by atoms with van der Waals surface area (Å²) in [4.78, 5) is 13.5. The van der Waals surface area contributed by atoms with Gasteiger partial charge in [-0.3, -0.25) is 9.88 Å². The number of hydrogen-bond donors (Lipinski definition) is 1. The van der Waals surface area contributed by atoms with Crippen LogP contribution in [0.1, 0.15) is 17.7 Å². The zero-order valence-electron chi connectivity index (χ0n) is 12.3. The van der Waals surface area contributed by atoms with Crippen molar-refractivity contribution in [2.75, 3.05) is 18.4 Å². The second-order valence-electron chi connectivity index (χ2n) is 5.51. The van der Waals surface area contributed by atoms with Gasteiger partial charge in [0, 0.05) is 44.1 Å². The van der Waals surface area contributed by atoms with Crippen molar-refractivity contribution in [2.24, 2.45) is 0 Å². The van der Waals surface area contributed by atoms with Crippen LogP contribution < -0.4 is 5.32 Å². The van der Waals surface area contributed by atoms with Crippen molar-refractivity contribution in [2.45, 2.75) is 25.2 Å². The van der Waals surface area contributed by atoms with Crippen molar-refractivity contribution >= 4 is 5.82 Å². The fourth-order valence-corrected chi connectivity index (χ4v) is 2.64. The van der Waals surface area contributed by atoms with E-state index < -0.39 is 11.9 Å². The fraction of sp³-hybridized carbons (Fsp3) is 0.400. The minimum Gasteiger partial charge on any atom is -0.366 e. The zero-order valence-corrected chi connectivity index (χ0v) is 12.3. The molecule has 1 N–H and O–H groups in total. The Morgan fingerprint density at radius 2 is 2.17 bits per heavy atom. The summed E-state index contributed by atoms with van der Waals surface area (Å²) >= 11 is 0. The number of anilines is 1. The first kappa shape index (κ1) is 15.7. The van der Waals surface area contributed by atoms with E-state index in [1.807, 2.05) is 18.3 Å². The molecule has 0 amide bonds. The van der Waals surface area contributed by atoms with Gasteiger partial charge in [-0.05, 0) is 18.1 Å². The molecule has 1 fully saturated rings. The van der Waals surface area contributed by atoms with Crippen LogP contribution in [0.2, 0.25) is 0 Å². The molecule has 1 aliphatic heterocycles.